The van der Waals surface area contributed by atoms with E-state index in [4.69, 9.17) is 9.47 Å². The Kier molecular flexibility index (Phi) is 9.02. The lowest BCUT2D eigenvalue weighted by Crippen LogP contribution is -2.54. The molecule has 4 aromatic rings. The second kappa shape index (κ2) is 12.8. The van der Waals surface area contributed by atoms with E-state index in [1.165, 1.54) is 6.08 Å². The monoisotopic (exact) mass is 738 g/mol. The van der Waals surface area contributed by atoms with Crippen LogP contribution >= 0.6 is 47.8 Å². The molecular weight excluding hydrogens is 720 g/mol. The molecule has 0 spiro atoms. The van der Waals surface area contributed by atoms with Gasteiger partial charge in [0.2, 0.25) is 0 Å². The first-order valence-electron chi connectivity index (χ1n) is 12.3. The third kappa shape index (κ3) is 7.13. The maximum absolute atomic E-state index is 13.5. The van der Waals surface area contributed by atoms with Crippen molar-refractivity contribution in [2.24, 2.45) is 0 Å². The molecule has 1 heterocycles. The fraction of sp³-hybridized carbons (Fsp3) is 0.0645. The maximum Gasteiger partial charge on any atom is 0.335 e. The maximum atomic E-state index is 13.5. The fourth-order valence-corrected chi connectivity index (χ4v) is 4.90. The summed E-state index contributed by atoms with van der Waals surface area (Å²) in [5, 5.41) is 2.26. The molecule has 1 N–H and O–H groups in total. The largest absolute Gasteiger partial charge is 0.489 e. The molecule has 0 bridgehead atoms. The van der Waals surface area contributed by atoms with Crippen molar-refractivity contribution in [1.82, 2.24) is 5.32 Å². The molecule has 1 saturated heterocycles. The van der Waals surface area contributed by atoms with E-state index in [1.807, 2.05) is 48.5 Å². The molecule has 4 amide bonds. The summed E-state index contributed by atoms with van der Waals surface area (Å²) in [6.07, 6.45) is 1.43. The molecule has 206 valence electrons. The van der Waals surface area contributed by atoms with Crippen LogP contribution in [-0.4, -0.2) is 17.8 Å². The van der Waals surface area contributed by atoms with E-state index in [2.05, 4.69) is 53.1 Å². The zero-order valence-electron chi connectivity index (χ0n) is 21.3. The number of hydrogen-bond donors (Lipinski definition) is 1. The van der Waals surface area contributed by atoms with Crippen LogP contribution in [0.25, 0.3) is 6.08 Å². The number of carbonyl (C=O) groups excluding carboxylic acids is 3. The number of hydrogen-bond acceptors (Lipinski definition) is 5. The Labute approximate surface area is 261 Å². The van der Waals surface area contributed by atoms with E-state index in [0.717, 1.165) is 29.4 Å². The van der Waals surface area contributed by atoms with Crippen LogP contribution in [0.5, 0.6) is 11.5 Å². The van der Waals surface area contributed by atoms with E-state index < -0.39 is 17.8 Å². The smallest absolute Gasteiger partial charge is 0.335 e. The van der Waals surface area contributed by atoms with Gasteiger partial charge in [-0.1, -0.05) is 72.1 Å². The summed E-state index contributed by atoms with van der Waals surface area (Å²) >= 11 is 10.3. The number of halogens is 3. The van der Waals surface area contributed by atoms with Crippen LogP contribution in [0.15, 0.2) is 110 Å². The highest BCUT2D eigenvalue weighted by atomic mass is 79.9. The number of anilines is 1. The van der Waals surface area contributed by atoms with Gasteiger partial charge >= 0.3 is 6.03 Å². The second-order valence-electron chi connectivity index (χ2n) is 8.96. The van der Waals surface area contributed by atoms with Crippen molar-refractivity contribution in [1.29, 1.82) is 0 Å². The Hall–Kier alpha value is -3.73. The van der Waals surface area contributed by atoms with Crippen molar-refractivity contribution in [2.45, 2.75) is 13.2 Å². The quantitative estimate of drug-likeness (QED) is 0.147. The average molecular weight is 741 g/mol. The molecular formula is C31H21Br3N2O5. The van der Waals surface area contributed by atoms with Crippen molar-refractivity contribution >= 4 is 77.4 Å². The van der Waals surface area contributed by atoms with Gasteiger partial charge in [-0.05, 0) is 83.9 Å². The van der Waals surface area contributed by atoms with Crippen molar-refractivity contribution in [3.8, 4) is 11.5 Å². The van der Waals surface area contributed by atoms with E-state index in [9.17, 15) is 14.4 Å². The van der Waals surface area contributed by atoms with Crippen molar-refractivity contribution in [2.75, 3.05) is 4.90 Å². The summed E-state index contributed by atoms with van der Waals surface area (Å²) < 4.78 is 14.5. The highest BCUT2D eigenvalue weighted by molar-refractivity contribution is 9.11. The molecule has 0 aromatic heterocycles. The van der Waals surface area contributed by atoms with Gasteiger partial charge in [0.05, 0.1) is 5.69 Å². The Morgan fingerprint density at radius 1 is 0.683 bits per heavy atom. The van der Waals surface area contributed by atoms with Gasteiger partial charge in [-0.2, -0.15) is 0 Å². The molecule has 0 radical (unpaired) electrons. The summed E-state index contributed by atoms with van der Waals surface area (Å²) in [6.45, 7) is 0.641. The standard InChI is InChI=1S/C31H21Br3N2O5/c32-22-5-1-19(2-6-22)17-40-26-12-10-25(11-13-26)36-30(38)27(29(37)35-31(36)39)16-21-15-24(34)9-14-28(21)41-18-20-3-7-23(33)8-4-20/h1-16H,17-18H2,(H,35,37,39)/b27-16+. The zero-order valence-corrected chi connectivity index (χ0v) is 26.0. The SMILES string of the molecule is O=C1NC(=O)N(c2ccc(OCc3ccc(Br)cc3)cc2)C(=O)/C1=C/c1cc(Br)ccc1OCc1ccc(Br)cc1. The molecule has 0 saturated carbocycles. The van der Waals surface area contributed by atoms with Gasteiger partial charge in [0, 0.05) is 19.0 Å². The van der Waals surface area contributed by atoms with E-state index >= 15 is 0 Å². The van der Waals surface area contributed by atoms with Crippen LogP contribution in [0.2, 0.25) is 0 Å². The number of barbiturate groups is 1. The summed E-state index contributed by atoms with van der Waals surface area (Å²) in [6, 6.07) is 26.4. The van der Waals surface area contributed by atoms with Crippen LogP contribution in [0.3, 0.4) is 0 Å². The first kappa shape index (κ1) is 28.8. The summed E-state index contributed by atoms with van der Waals surface area (Å²) in [4.78, 5) is 39.9. The third-order valence-electron chi connectivity index (χ3n) is 6.09. The average Bonchev–Trinajstić information content (AvgIpc) is 2.96. The molecule has 0 atom stereocenters. The minimum Gasteiger partial charge on any atom is -0.489 e. The molecule has 0 aliphatic carbocycles. The van der Waals surface area contributed by atoms with Gasteiger partial charge in [-0.25, -0.2) is 9.69 Å². The number of amides is 4. The van der Waals surface area contributed by atoms with E-state index in [1.54, 1.807) is 42.5 Å². The number of nitrogens with zero attached hydrogens (tertiary/aromatic N) is 1. The number of imide groups is 2. The molecule has 1 fully saturated rings. The van der Waals surface area contributed by atoms with Gasteiger partial charge < -0.3 is 9.47 Å². The number of urea groups is 1. The Bertz CT molecular complexity index is 1640. The van der Waals surface area contributed by atoms with E-state index in [0.29, 0.717) is 29.4 Å². The molecule has 0 unspecified atom stereocenters. The number of ether oxygens (including phenoxy) is 2. The van der Waals surface area contributed by atoms with Crippen molar-refractivity contribution in [3.63, 3.8) is 0 Å². The highest BCUT2D eigenvalue weighted by Crippen LogP contribution is 2.29. The van der Waals surface area contributed by atoms with Gasteiger partial charge in [0.1, 0.15) is 30.3 Å². The molecule has 1 aliphatic rings. The van der Waals surface area contributed by atoms with Gasteiger partial charge in [-0.3, -0.25) is 14.9 Å². The lowest BCUT2D eigenvalue weighted by Gasteiger charge is -2.26. The predicted octanol–water partition coefficient (Wildman–Crippen LogP) is 7.80. The lowest BCUT2D eigenvalue weighted by molar-refractivity contribution is -0.122. The molecule has 4 aromatic carbocycles. The van der Waals surface area contributed by atoms with Crippen molar-refractivity contribution in [3.05, 3.63) is 127 Å². The molecule has 7 nitrogen and oxygen atoms in total. The Balaban J connectivity index is 1.35. The first-order chi connectivity index (χ1) is 19.8. The third-order valence-corrected chi connectivity index (χ3v) is 7.65. The van der Waals surface area contributed by atoms with Gasteiger partial charge in [0.25, 0.3) is 11.8 Å². The number of benzene rings is 4. The lowest BCUT2D eigenvalue weighted by atomic mass is 10.1. The fourth-order valence-electron chi connectivity index (χ4n) is 3.99. The minimum absolute atomic E-state index is 0.202. The molecule has 5 rings (SSSR count). The van der Waals surface area contributed by atoms with Crippen LogP contribution < -0.4 is 19.7 Å². The first-order valence-corrected chi connectivity index (χ1v) is 14.7. The molecule has 41 heavy (non-hydrogen) atoms. The normalized spacial score (nSPS) is 14.3. The predicted molar refractivity (Wildman–Crippen MR) is 167 cm³/mol. The molecule has 10 heteroatoms. The topological polar surface area (TPSA) is 84.9 Å². The van der Waals surface area contributed by atoms with Crippen LogP contribution in [0.1, 0.15) is 16.7 Å². The second-order valence-corrected chi connectivity index (χ2v) is 11.7. The van der Waals surface area contributed by atoms with Crippen LogP contribution in [0, 0.1) is 0 Å². The Morgan fingerprint density at radius 3 is 1.85 bits per heavy atom. The summed E-state index contributed by atoms with van der Waals surface area (Å²) in [7, 11) is 0. The van der Waals surface area contributed by atoms with Gasteiger partial charge in [0.15, 0.2) is 0 Å². The minimum atomic E-state index is -0.832. The van der Waals surface area contributed by atoms with Crippen LogP contribution in [-0.2, 0) is 22.8 Å². The van der Waals surface area contributed by atoms with Gasteiger partial charge in [-0.15, -0.1) is 0 Å². The molecule has 1 aliphatic heterocycles. The Morgan fingerprint density at radius 2 is 1.24 bits per heavy atom. The summed E-state index contributed by atoms with van der Waals surface area (Å²) in [5.74, 6) is -0.499. The summed E-state index contributed by atoms with van der Waals surface area (Å²) in [5.41, 5.74) is 2.53. The van der Waals surface area contributed by atoms with Crippen molar-refractivity contribution < 1.29 is 23.9 Å². The number of rotatable bonds is 8. The number of carbonyl (C=O) groups is 3. The van der Waals surface area contributed by atoms with E-state index in [-0.39, 0.29) is 12.2 Å². The van der Waals surface area contributed by atoms with Crippen LogP contribution in [0.4, 0.5) is 10.5 Å². The zero-order chi connectivity index (χ0) is 28.9. The number of nitrogens with one attached hydrogen (secondary N) is 1. The highest BCUT2D eigenvalue weighted by Gasteiger charge is 2.37.